The summed E-state index contributed by atoms with van der Waals surface area (Å²) in [5.74, 6) is 0. The van der Waals surface area contributed by atoms with E-state index in [1.54, 1.807) is 11.2 Å². The number of hydrogen-bond donors (Lipinski definition) is 1. The van der Waals surface area contributed by atoms with Gasteiger partial charge in [-0.25, -0.2) is 4.99 Å². The third-order valence-electron chi connectivity index (χ3n) is 0.372. The summed E-state index contributed by atoms with van der Waals surface area (Å²) in [6.45, 7) is 0. The first kappa shape index (κ1) is 6.14. The lowest BCUT2D eigenvalue weighted by atomic mass is 10.9. The van der Waals surface area contributed by atoms with E-state index in [0.29, 0.717) is 0 Å². The van der Waals surface area contributed by atoms with Gasteiger partial charge in [0.25, 0.3) is 0 Å². The molecule has 0 bridgehead atoms. The fourth-order valence-electron chi connectivity index (χ4n) is 0.167. The number of rotatable bonds is 2. The molecule has 0 saturated carbocycles. The van der Waals surface area contributed by atoms with E-state index < -0.39 is 0 Å². The van der Waals surface area contributed by atoms with Crippen LogP contribution in [0.15, 0.2) is 4.99 Å². The highest BCUT2D eigenvalue weighted by Gasteiger charge is 1.69. The molecule has 0 heterocycles. The molecule has 0 amide bonds. The average molecular weight is 99.1 g/mol. The van der Waals surface area contributed by atoms with Gasteiger partial charge >= 0.3 is 0 Å². The van der Waals surface area contributed by atoms with Crippen LogP contribution < -0.4 is 0 Å². The highest BCUT2D eigenvalue weighted by Crippen LogP contribution is 1.60. The molecule has 0 saturated heterocycles. The molecule has 0 aromatic carbocycles. The zero-order chi connectivity index (χ0) is 5.70. The van der Waals surface area contributed by atoms with Gasteiger partial charge in [-0.2, -0.15) is 0 Å². The lowest BCUT2D eigenvalue weighted by Gasteiger charge is -1.98. The molecule has 0 rings (SSSR count). The summed E-state index contributed by atoms with van der Waals surface area (Å²) in [6, 6.07) is 0. The summed E-state index contributed by atoms with van der Waals surface area (Å²) < 4.78 is 0. The van der Waals surface area contributed by atoms with E-state index in [1.807, 2.05) is 14.1 Å². The van der Waals surface area contributed by atoms with Crippen molar-refractivity contribution in [1.82, 2.24) is 4.90 Å². The van der Waals surface area contributed by atoms with Crippen LogP contribution in [0.5, 0.6) is 0 Å². The van der Waals surface area contributed by atoms with Crippen LogP contribution in [-0.2, 0) is 0 Å². The highest BCUT2D eigenvalue weighted by molar-refractivity contribution is 5.68. The average Bonchev–Trinajstić information content (AvgIpc) is 1.61. The van der Waals surface area contributed by atoms with Crippen molar-refractivity contribution >= 4 is 12.7 Å². The lowest BCUT2D eigenvalue weighted by Crippen LogP contribution is -2.07. The van der Waals surface area contributed by atoms with Gasteiger partial charge < -0.3 is 4.90 Å². The first-order valence-electron chi connectivity index (χ1n) is 1.96. The molecule has 1 N–H and O–H groups in total. The molecule has 3 nitrogen and oxygen atoms in total. The maximum atomic E-state index is 6.45. The quantitative estimate of drug-likeness (QED) is 0.389. The van der Waals surface area contributed by atoms with Gasteiger partial charge in [0.05, 0.1) is 6.34 Å². The molecule has 0 aromatic heterocycles. The number of hydrogen-bond acceptors (Lipinski definition) is 1. The van der Waals surface area contributed by atoms with E-state index in [9.17, 15) is 0 Å². The fraction of sp³-hybridized carbons (Fsp3) is 0.500. The standard InChI is InChI=1S/C4H9N3/c1-7(2)4-6-3-5/h3-5H,1-2H3/b5-3?,6-4+. The summed E-state index contributed by atoms with van der Waals surface area (Å²) >= 11 is 0. The van der Waals surface area contributed by atoms with Crippen molar-refractivity contribution in [3.05, 3.63) is 0 Å². The second kappa shape index (κ2) is 3.33. The van der Waals surface area contributed by atoms with Gasteiger partial charge in [-0.05, 0) is 0 Å². The van der Waals surface area contributed by atoms with Crippen molar-refractivity contribution in [3.8, 4) is 0 Å². The molecule has 0 spiro atoms. The summed E-state index contributed by atoms with van der Waals surface area (Å²) in [5, 5.41) is 6.45. The Kier molecular flexibility index (Phi) is 2.92. The summed E-state index contributed by atoms with van der Waals surface area (Å²) in [7, 11) is 3.71. The zero-order valence-corrected chi connectivity index (χ0v) is 4.55. The molecule has 0 aliphatic heterocycles. The van der Waals surface area contributed by atoms with Crippen molar-refractivity contribution in [1.29, 1.82) is 5.41 Å². The highest BCUT2D eigenvalue weighted by atomic mass is 15.1. The van der Waals surface area contributed by atoms with Gasteiger partial charge in [0.1, 0.15) is 6.34 Å². The van der Waals surface area contributed by atoms with Crippen molar-refractivity contribution in [2.45, 2.75) is 0 Å². The summed E-state index contributed by atoms with van der Waals surface area (Å²) in [6.07, 6.45) is 2.56. The molecule has 0 aliphatic carbocycles. The van der Waals surface area contributed by atoms with Crippen LogP contribution in [0.25, 0.3) is 0 Å². The van der Waals surface area contributed by atoms with Gasteiger partial charge in [-0.15, -0.1) is 0 Å². The van der Waals surface area contributed by atoms with Crippen LogP contribution in [0.4, 0.5) is 0 Å². The molecule has 7 heavy (non-hydrogen) atoms. The normalized spacial score (nSPS) is 9.43. The third kappa shape index (κ3) is 5.14. The lowest BCUT2D eigenvalue weighted by molar-refractivity contribution is 0.644. The van der Waals surface area contributed by atoms with Crippen molar-refractivity contribution < 1.29 is 0 Å². The number of nitrogens with one attached hydrogen (secondary N) is 1. The van der Waals surface area contributed by atoms with E-state index in [0.717, 1.165) is 6.34 Å². The minimum Gasteiger partial charge on any atom is -0.369 e. The smallest absolute Gasteiger partial charge is 0.108 e. The summed E-state index contributed by atoms with van der Waals surface area (Å²) in [4.78, 5) is 5.28. The molecule has 40 valence electrons. The van der Waals surface area contributed by atoms with Crippen LogP contribution in [0, 0.1) is 5.41 Å². The predicted octanol–water partition coefficient (Wildman–Crippen LogP) is 0.183. The topological polar surface area (TPSA) is 39.5 Å². The largest absolute Gasteiger partial charge is 0.369 e. The van der Waals surface area contributed by atoms with Gasteiger partial charge in [0, 0.05) is 14.1 Å². The van der Waals surface area contributed by atoms with E-state index in [4.69, 9.17) is 5.41 Å². The Morgan fingerprint density at radius 1 is 1.57 bits per heavy atom. The Balaban J connectivity index is 3.25. The molecule has 0 atom stereocenters. The fourth-order valence-corrected chi connectivity index (χ4v) is 0.167. The first-order chi connectivity index (χ1) is 3.27. The van der Waals surface area contributed by atoms with Crippen molar-refractivity contribution in [2.24, 2.45) is 4.99 Å². The molecule has 3 heteroatoms. The van der Waals surface area contributed by atoms with E-state index in [2.05, 4.69) is 4.99 Å². The third-order valence-corrected chi connectivity index (χ3v) is 0.372. The predicted molar refractivity (Wildman–Crippen MR) is 31.0 cm³/mol. The maximum Gasteiger partial charge on any atom is 0.108 e. The first-order valence-corrected chi connectivity index (χ1v) is 1.96. The molecule has 0 aromatic rings. The Labute approximate surface area is 43.2 Å². The number of nitrogens with zero attached hydrogens (tertiary/aromatic N) is 2. The van der Waals surface area contributed by atoms with Gasteiger partial charge in [0.15, 0.2) is 0 Å². The SMILES string of the molecule is CN(C)/C=N/C=N. The second-order valence-electron chi connectivity index (χ2n) is 1.36. The van der Waals surface area contributed by atoms with Gasteiger partial charge in [0.2, 0.25) is 0 Å². The van der Waals surface area contributed by atoms with Crippen LogP contribution in [-0.4, -0.2) is 31.7 Å². The van der Waals surface area contributed by atoms with Crippen LogP contribution in [0.3, 0.4) is 0 Å². The Morgan fingerprint density at radius 3 is 2.29 bits per heavy atom. The minimum atomic E-state index is 1.00. The molecular formula is C4H9N3. The van der Waals surface area contributed by atoms with Gasteiger partial charge in [-0.1, -0.05) is 0 Å². The van der Waals surface area contributed by atoms with E-state index >= 15 is 0 Å². The van der Waals surface area contributed by atoms with Crippen molar-refractivity contribution in [3.63, 3.8) is 0 Å². The van der Waals surface area contributed by atoms with Crippen LogP contribution >= 0.6 is 0 Å². The van der Waals surface area contributed by atoms with Crippen LogP contribution in [0.2, 0.25) is 0 Å². The number of aliphatic imine (C=N–C) groups is 1. The van der Waals surface area contributed by atoms with Crippen molar-refractivity contribution in [2.75, 3.05) is 14.1 Å². The van der Waals surface area contributed by atoms with Gasteiger partial charge in [-0.3, -0.25) is 5.41 Å². The Hall–Kier alpha value is -0.860. The van der Waals surface area contributed by atoms with E-state index in [1.165, 1.54) is 0 Å². The molecular weight excluding hydrogens is 90.1 g/mol. The molecule has 0 radical (unpaired) electrons. The van der Waals surface area contributed by atoms with Crippen LogP contribution in [0.1, 0.15) is 0 Å². The Bertz CT molecular complexity index is 75.0. The molecule has 0 aliphatic rings. The second-order valence-corrected chi connectivity index (χ2v) is 1.36. The maximum absolute atomic E-state index is 6.45. The zero-order valence-electron chi connectivity index (χ0n) is 4.55. The Morgan fingerprint density at radius 2 is 2.14 bits per heavy atom. The monoisotopic (exact) mass is 99.1 g/mol. The molecule has 0 fully saturated rings. The molecule has 0 unspecified atom stereocenters. The summed E-state index contributed by atoms with van der Waals surface area (Å²) in [5.41, 5.74) is 0. The van der Waals surface area contributed by atoms with E-state index in [-0.39, 0.29) is 0 Å². The minimum absolute atomic E-state index is 1.00.